The maximum atomic E-state index is 11.9. The molecule has 0 radical (unpaired) electrons. The zero-order valence-corrected chi connectivity index (χ0v) is 74.9. The van der Waals surface area contributed by atoms with Crippen LogP contribution in [0.15, 0.2) is 170 Å². The van der Waals surface area contributed by atoms with E-state index in [9.17, 15) is 58.2 Å². The minimum atomic E-state index is -0.234. The molecule has 0 aliphatic carbocycles. The van der Waals surface area contributed by atoms with Crippen molar-refractivity contribution in [1.82, 2.24) is 49.4 Å². The Balaban J connectivity index is 0.000000152. The molecule has 10 aromatic carbocycles. The Morgan fingerprint density at radius 2 is 0.512 bits per heavy atom. The van der Waals surface area contributed by atoms with E-state index < -0.39 is 0 Å². The first-order chi connectivity index (χ1) is 59.7. The Morgan fingerprint density at radius 1 is 0.280 bits per heavy atom. The van der Waals surface area contributed by atoms with Gasteiger partial charge in [0.25, 0.3) is 0 Å². The number of aromatic nitrogens is 5. The van der Waals surface area contributed by atoms with Gasteiger partial charge in [0.05, 0.1) is 22.2 Å². The second kappa shape index (κ2) is 41.2. The molecule has 22 heteroatoms. The van der Waals surface area contributed by atoms with Gasteiger partial charge in [-0.25, -0.2) is 0 Å². The van der Waals surface area contributed by atoms with Crippen LogP contribution in [0.4, 0.5) is 0 Å². The molecule has 5 aromatic heterocycles. The normalized spacial score (nSPS) is 11.6. The molecule has 7 N–H and O–H groups in total. The number of rotatable bonds is 31. The Hall–Kier alpha value is -12.7. The lowest BCUT2D eigenvalue weighted by Crippen LogP contribution is -2.28. The number of carbonyl (C=O) groups is 10. The highest BCUT2D eigenvalue weighted by atomic mass is 16.3. The van der Waals surface area contributed by atoms with Crippen molar-refractivity contribution in [1.29, 1.82) is 0 Å². The van der Waals surface area contributed by atoms with Gasteiger partial charge in [-0.3, -0.25) is 47.9 Å². The number of Topliss-reactive ketones (excluding diaryl/α,β-unsaturated/α-hetero) is 10. The van der Waals surface area contributed by atoms with Crippen LogP contribution >= 0.6 is 0 Å². The summed E-state index contributed by atoms with van der Waals surface area (Å²) in [6, 6.07) is 53.9. The number of hydrogen-bond donors (Lipinski definition) is 7. The van der Waals surface area contributed by atoms with Crippen molar-refractivity contribution in [3.05, 3.63) is 225 Å². The van der Waals surface area contributed by atoms with E-state index in [-0.39, 0.29) is 80.5 Å². The predicted octanol–water partition coefficient (Wildman–Crippen LogP) is 19.6. The number of aromatic hydroxyl groups is 2. The summed E-state index contributed by atoms with van der Waals surface area (Å²) < 4.78 is 11.0. The van der Waals surface area contributed by atoms with E-state index in [0.717, 1.165) is 187 Å². The quantitative estimate of drug-likeness (QED) is 0.0157. The van der Waals surface area contributed by atoms with Crippen LogP contribution in [-0.2, 0) is 32.7 Å². The third kappa shape index (κ3) is 20.9. The molecule has 0 saturated heterocycles. The number of ketones is 10. The fourth-order valence-electron chi connectivity index (χ4n) is 16.2. The highest BCUT2D eigenvalue weighted by Crippen LogP contribution is 2.40. The monoisotopic (exact) mass is 1680 g/mol. The van der Waals surface area contributed by atoms with Crippen molar-refractivity contribution < 1.29 is 58.2 Å². The summed E-state index contributed by atoms with van der Waals surface area (Å²) in [5, 5.41) is 47.1. The van der Waals surface area contributed by atoms with Crippen LogP contribution in [0.3, 0.4) is 0 Å². The average molecular weight is 1690 g/mol. The van der Waals surface area contributed by atoms with E-state index in [1.807, 2.05) is 157 Å². The number of hydrogen-bond acceptors (Lipinski definition) is 17. The Bertz CT molecular complexity index is 6360. The maximum absolute atomic E-state index is 11.9. The highest BCUT2D eigenvalue weighted by Gasteiger charge is 2.23. The largest absolute Gasteiger partial charge is 0.507 e. The first-order valence-corrected chi connectivity index (χ1v) is 43.1. The molecule has 15 rings (SSSR count). The Kier molecular flexibility index (Phi) is 30.7. The van der Waals surface area contributed by atoms with Crippen LogP contribution in [0.1, 0.15) is 227 Å². The van der Waals surface area contributed by atoms with Crippen molar-refractivity contribution in [2.75, 3.05) is 52.9 Å². The summed E-state index contributed by atoms with van der Waals surface area (Å²) in [6.45, 7) is 38.2. The molecule has 0 spiro atoms. The molecule has 0 fully saturated rings. The molecule has 1 unspecified atom stereocenters. The summed E-state index contributed by atoms with van der Waals surface area (Å²) in [5.41, 5.74) is 16.3. The van der Waals surface area contributed by atoms with E-state index in [1.165, 1.54) is 13.8 Å². The summed E-state index contributed by atoms with van der Waals surface area (Å²) >= 11 is 0. The Labute approximate surface area is 728 Å². The van der Waals surface area contributed by atoms with Crippen molar-refractivity contribution in [2.45, 2.75) is 168 Å². The van der Waals surface area contributed by atoms with E-state index >= 15 is 0 Å². The number of phenols is 2. The van der Waals surface area contributed by atoms with Crippen LogP contribution < -0.4 is 26.6 Å². The minimum absolute atomic E-state index is 0.0470. The van der Waals surface area contributed by atoms with Gasteiger partial charge in [0.2, 0.25) is 0 Å². The number of nitrogens with zero attached hydrogens (tertiary/aromatic N) is 5. The van der Waals surface area contributed by atoms with Gasteiger partial charge in [-0.2, -0.15) is 0 Å². The fourth-order valence-corrected chi connectivity index (χ4v) is 16.2. The molecule has 125 heavy (non-hydrogen) atoms. The second-order valence-electron chi connectivity index (χ2n) is 32.5. The zero-order valence-electron chi connectivity index (χ0n) is 74.9. The van der Waals surface area contributed by atoms with Crippen molar-refractivity contribution in [3.8, 4) is 11.5 Å². The van der Waals surface area contributed by atoms with Crippen molar-refractivity contribution >= 4 is 167 Å². The second-order valence-corrected chi connectivity index (χ2v) is 32.5. The molecule has 0 bridgehead atoms. The molecule has 15 aromatic rings. The van der Waals surface area contributed by atoms with E-state index in [1.54, 1.807) is 79.7 Å². The van der Waals surface area contributed by atoms with E-state index in [0.29, 0.717) is 69.7 Å². The van der Waals surface area contributed by atoms with Gasteiger partial charge in [0.1, 0.15) is 11.5 Å². The number of fused-ring (bicyclic) bond motifs is 15. The lowest BCUT2D eigenvalue weighted by molar-refractivity contribution is 0.100. The topological polar surface area (TPSA) is 296 Å². The zero-order chi connectivity index (χ0) is 90.5. The van der Waals surface area contributed by atoms with Crippen LogP contribution in [-0.4, -0.2) is 156 Å². The van der Waals surface area contributed by atoms with E-state index in [4.69, 9.17) is 0 Å². The van der Waals surface area contributed by atoms with Gasteiger partial charge in [-0.1, -0.05) is 34.6 Å². The average Bonchev–Trinajstić information content (AvgIpc) is 1.60. The standard InChI is InChI=1S/C22H26N2O2.C21H24N2O4.C21H24N2O2.C20H22N2O2.C19H20N2O2/c1-5-14(2)23-10-11-24-21-8-6-17(15(3)25)12-19(21)20-13-18(16(4)26)7-9-22(20)24;1-11(2)22-5-6-23-18-9-20(26)14(12(3)24)7-16(18)17-8-15(13(4)25)21(27)10-19(17)23;1-4-9-22-10-11-23-20-7-5-16(14(2)24)12-18(20)19-13-17(15(3)25)6-8-21(19)23;1-4-21-9-10-22-19-7-5-15(13(2)23)11-17(19)18-12-16(14(3)24)6-8-20(18)22;1-12(22)14-4-6-18-16(10-14)17-11-15(13(2)23)5-7-19(17)21(18)9-8-20-3/h6-9,12-14,23H,5,10-11H2,1-4H3;7-11,22,26-27H,5-6H2,1-4H3;5-8,12-13,22H,4,9-11H2,1-3H3;5-8,11-12,21H,4,9-10H2,1-3H3;4-7,10-11,20H,8-9H2,1-3H3. The third-order valence-corrected chi connectivity index (χ3v) is 23.2. The van der Waals surface area contributed by atoms with Gasteiger partial charge in [0.15, 0.2) is 57.8 Å². The van der Waals surface area contributed by atoms with Gasteiger partial charge >= 0.3 is 0 Å². The van der Waals surface area contributed by atoms with Gasteiger partial charge < -0.3 is 59.6 Å². The fraction of sp³-hybridized carbons (Fsp3) is 0.320. The van der Waals surface area contributed by atoms with E-state index in [2.05, 4.69) is 86.4 Å². The number of nitrogens with one attached hydrogen (secondary N) is 5. The lowest BCUT2D eigenvalue weighted by Gasteiger charge is -2.13. The lowest BCUT2D eigenvalue weighted by atomic mass is 10.0. The van der Waals surface area contributed by atoms with Gasteiger partial charge in [-0.05, 0) is 267 Å². The molecule has 650 valence electrons. The number of likely N-dealkylation sites (N-methyl/N-ethyl adjacent to an activating group) is 2. The molecule has 0 amide bonds. The number of carbonyl (C=O) groups excluding carboxylic acids is 10. The molecule has 0 aliphatic rings. The molecule has 5 heterocycles. The maximum Gasteiger partial charge on any atom is 0.163 e. The van der Waals surface area contributed by atoms with Crippen molar-refractivity contribution in [2.24, 2.45) is 0 Å². The third-order valence-electron chi connectivity index (χ3n) is 23.2. The predicted molar refractivity (Wildman–Crippen MR) is 507 cm³/mol. The molecule has 0 saturated carbocycles. The van der Waals surface area contributed by atoms with Gasteiger partial charge in [-0.15, -0.1) is 0 Å². The summed E-state index contributed by atoms with van der Waals surface area (Å²) in [7, 11) is 1.93. The smallest absolute Gasteiger partial charge is 0.163 e. The van der Waals surface area contributed by atoms with Gasteiger partial charge in [0, 0.05) is 232 Å². The molecular weight excluding hydrogens is 1570 g/mol. The molecule has 0 aliphatic heterocycles. The molecule has 1 atom stereocenters. The van der Waals surface area contributed by atoms with Crippen LogP contribution in [0.25, 0.3) is 109 Å². The Morgan fingerprint density at radius 3 is 0.736 bits per heavy atom. The van der Waals surface area contributed by atoms with Crippen LogP contribution in [0.5, 0.6) is 11.5 Å². The molecule has 22 nitrogen and oxygen atoms in total. The van der Waals surface area contributed by atoms with Crippen LogP contribution in [0, 0.1) is 0 Å². The highest BCUT2D eigenvalue weighted by molar-refractivity contribution is 6.19. The molecular formula is C103H116N10O12. The minimum Gasteiger partial charge on any atom is -0.507 e. The SMILES string of the molecule is CC(=O)c1cc2c3cc(C(C)=O)c(O)cc3n(CCNC(C)C)c2cc1O.CCC(C)NCCn1c2ccc(C(C)=O)cc2c2cc(C(C)=O)ccc21.CCCNCCn1c2ccc(C(C)=O)cc2c2cc(C(C)=O)ccc21.CCNCCn1c2ccc(C(C)=O)cc2c2cc(C(C)=O)ccc21.CNCCn1c2ccc(C(C)=O)cc2c2cc(C(C)=O)ccc21. The summed E-state index contributed by atoms with van der Waals surface area (Å²) in [5.74, 6) is -0.227. The number of benzene rings is 10. The first-order valence-electron chi connectivity index (χ1n) is 43.1. The van der Waals surface area contributed by atoms with Crippen LogP contribution in [0.2, 0.25) is 0 Å². The summed E-state index contributed by atoms with van der Waals surface area (Å²) in [4.78, 5) is 118. The first kappa shape index (κ1) is 93.0. The van der Waals surface area contributed by atoms with Crippen molar-refractivity contribution in [3.63, 3.8) is 0 Å². The number of phenolic OH excluding ortho intramolecular Hbond substituents is 2. The summed E-state index contributed by atoms with van der Waals surface area (Å²) in [6.07, 6.45) is 2.20.